The number of benzene rings is 2. The predicted octanol–water partition coefficient (Wildman–Crippen LogP) is 2.05. The Bertz CT molecular complexity index is 552. The van der Waals surface area contributed by atoms with Crippen LogP contribution in [0.5, 0.6) is 5.75 Å². The van der Waals surface area contributed by atoms with Crippen LogP contribution in [-0.4, -0.2) is 19.2 Å². The summed E-state index contributed by atoms with van der Waals surface area (Å²) < 4.78 is 0. The van der Waals surface area contributed by atoms with Gasteiger partial charge in [0, 0.05) is 16.8 Å². The Labute approximate surface area is 106 Å². The fraction of sp³-hybridized carbons (Fsp3) is 0. The van der Waals surface area contributed by atoms with Crippen molar-refractivity contribution in [2.45, 2.75) is 0 Å². The molecule has 2 aromatic rings. The monoisotopic (exact) mass is 243 g/mol. The van der Waals surface area contributed by atoms with Gasteiger partial charge < -0.3 is 5.11 Å². The SMILES string of the molecule is Bc1ccc(O)c(/C=N/c2ccc(Cl)cc2)c1. The third kappa shape index (κ3) is 3.11. The number of rotatable bonds is 2. The van der Waals surface area contributed by atoms with Gasteiger partial charge in [0.15, 0.2) is 0 Å². The van der Waals surface area contributed by atoms with Gasteiger partial charge in [0.05, 0.1) is 5.69 Å². The molecular weight excluding hydrogens is 232 g/mol. The quantitative estimate of drug-likeness (QED) is 0.635. The van der Waals surface area contributed by atoms with Crippen molar-refractivity contribution in [3.8, 4) is 5.75 Å². The lowest BCUT2D eigenvalue weighted by atomic mass is 9.94. The van der Waals surface area contributed by atoms with E-state index in [-0.39, 0.29) is 5.75 Å². The lowest BCUT2D eigenvalue weighted by molar-refractivity contribution is 0.474. The standard InChI is InChI=1S/C13H11BClNO/c14-10-1-6-13(17)9(7-10)8-16-12-4-2-11(15)3-5-12/h1-8,17H,14H2/b16-8+. The van der Waals surface area contributed by atoms with Gasteiger partial charge in [0.2, 0.25) is 0 Å². The average Bonchev–Trinajstić information content (AvgIpc) is 2.32. The van der Waals surface area contributed by atoms with Crippen LogP contribution in [0.2, 0.25) is 5.02 Å². The molecule has 0 aliphatic rings. The first-order valence-corrected chi connectivity index (χ1v) is 5.62. The van der Waals surface area contributed by atoms with Gasteiger partial charge in [-0.15, -0.1) is 0 Å². The fourth-order valence-corrected chi connectivity index (χ4v) is 1.57. The van der Waals surface area contributed by atoms with Gasteiger partial charge in [0.1, 0.15) is 13.6 Å². The van der Waals surface area contributed by atoms with E-state index in [0.717, 1.165) is 11.2 Å². The number of aromatic hydroxyl groups is 1. The maximum Gasteiger partial charge on any atom is 0.139 e. The molecule has 0 unspecified atom stereocenters. The second-order valence-corrected chi connectivity index (χ2v) is 4.23. The van der Waals surface area contributed by atoms with Gasteiger partial charge in [-0.3, -0.25) is 4.99 Å². The van der Waals surface area contributed by atoms with Crippen molar-refractivity contribution < 1.29 is 5.11 Å². The lowest BCUT2D eigenvalue weighted by Gasteiger charge is -2.00. The van der Waals surface area contributed by atoms with Crippen LogP contribution in [0.4, 0.5) is 5.69 Å². The molecule has 0 radical (unpaired) electrons. The van der Waals surface area contributed by atoms with Crippen molar-refractivity contribution >= 4 is 36.8 Å². The molecule has 0 saturated carbocycles. The summed E-state index contributed by atoms with van der Waals surface area (Å²) in [7, 11) is 1.97. The highest BCUT2D eigenvalue weighted by Gasteiger charge is 1.97. The summed E-state index contributed by atoms with van der Waals surface area (Å²) in [6, 6.07) is 12.6. The Morgan fingerprint density at radius 1 is 1.12 bits per heavy atom. The molecular formula is C13H11BClNO. The van der Waals surface area contributed by atoms with Crippen LogP contribution in [0, 0.1) is 0 Å². The van der Waals surface area contributed by atoms with Crippen LogP contribution in [0.15, 0.2) is 47.5 Å². The third-order valence-electron chi connectivity index (χ3n) is 2.36. The first kappa shape index (κ1) is 11.7. The molecule has 0 aromatic heterocycles. The van der Waals surface area contributed by atoms with E-state index < -0.39 is 0 Å². The van der Waals surface area contributed by atoms with Gasteiger partial charge in [-0.25, -0.2) is 0 Å². The van der Waals surface area contributed by atoms with Gasteiger partial charge in [-0.1, -0.05) is 29.2 Å². The van der Waals surface area contributed by atoms with Gasteiger partial charge in [0.25, 0.3) is 0 Å². The van der Waals surface area contributed by atoms with Crippen molar-refractivity contribution in [2.24, 2.45) is 4.99 Å². The zero-order valence-electron chi connectivity index (χ0n) is 9.39. The van der Waals surface area contributed by atoms with Gasteiger partial charge >= 0.3 is 0 Å². The first-order chi connectivity index (χ1) is 8.15. The normalized spacial score (nSPS) is 10.9. The summed E-state index contributed by atoms with van der Waals surface area (Å²) >= 11 is 5.78. The minimum absolute atomic E-state index is 0.230. The Morgan fingerprint density at radius 2 is 1.82 bits per heavy atom. The van der Waals surface area contributed by atoms with E-state index in [9.17, 15) is 5.11 Å². The van der Waals surface area contributed by atoms with Crippen LogP contribution in [0.1, 0.15) is 5.56 Å². The second kappa shape index (κ2) is 5.06. The number of hydrogen-bond acceptors (Lipinski definition) is 2. The summed E-state index contributed by atoms with van der Waals surface area (Å²) in [6.45, 7) is 0. The van der Waals surface area contributed by atoms with Crippen molar-refractivity contribution in [3.05, 3.63) is 53.1 Å². The molecule has 0 aliphatic carbocycles. The van der Waals surface area contributed by atoms with Crippen molar-refractivity contribution in [1.29, 1.82) is 0 Å². The second-order valence-electron chi connectivity index (χ2n) is 3.80. The zero-order valence-corrected chi connectivity index (χ0v) is 10.1. The minimum Gasteiger partial charge on any atom is -0.507 e. The molecule has 17 heavy (non-hydrogen) atoms. The van der Waals surface area contributed by atoms with Crippen molar-refractivity contribution in [1.82, 2.24) is 0 Å². The molecule has 0 fully saturated rings. The van der Waals surface area contributed by atoms with E-state index in [1.165, 1.54) is 0 Å². The molecule has 2 nitrogen and oxygen atoms in total. The zero-order chi connectivity index (χ0) is 12.3. The fourth-order valence-electron chi connectivity index (χ4n) is 1.45. The molecule has 4 heteroatoms. The number of phenols is 1. The van der Waals surface area contributed by atoms with Crippen LogP contribution >= 0.6 is 11.6 Å². The number of nitrogens with zero attached hydrogens (tertiary/aromatic N) is 1. The lowest BCUT2D eigenvalue weighted by Crippen LogP contribution is -2.02. The minimum atomic E-state index is 0.230. The third-order valence-corrected chi connectivity index (χ3v) is 2.61. The summed E-state index contributed by atoms with van der Waals surface area (Å²) in [5.41, 5.74) is 2.59. The molecule has 2 rings (SSSR count). The largest absolute Gasteiger partial charge is 0.507 e. The summed E-state index contributed by atoms with van der Waals surface area (Å²) in [6.07, 6.45) is 1.64. The molecule has 84 valence electrons. The Hall–Kier alpha value is -1.74. The summed E-state index contributed by atoms with van der Waals surface area (Å²) in [5, 5.41) is 10.3. The van der Waals surface area contributed by atoms with Crippen LogP contribution in [-0.2, 0) is 0 Å². The maximum atomic E-state index is 9.64. The molecule has 0 amide bonds. The molecule has 0 saturated heterocycles. The molecule has 0 aliphatic heterocycles. The molecule has 0 heterocycles. The van der Waals surface area contributed by atoms with E-state index in [0.29, 0.717) is 10.6 Å². The number of halogens is 1. The van der Waals surface area contributed by atoms with E-state index in [1.807, 2.05) is 32.1 Å². The van der Waals surface area contributed by atoms with E-state index in [2.05, 4.69) is 4.99 Å². The van der Waals surface area contributed by atoms with E-state index in [1.54, 1.807) is 24.4 Å². The van der Waals surface area contributed by atoms with Gasteiger partial charge in [-0.2, -0.15) is 0 Å². The first-order valence-electron chi connectivity index (χ1n) is 5.24. The van der Waals surface area contributed by atoms with E-state index in [4.69, 9.17) is 11.6 Å². The van der Waals surface area contributed by atoms with Crippen molar-refractivity contribution in [2.75, 3.05) is 0 Å². The van der Waals surface area contributed by atoms with Crippen molar-refractivity contribution in [3.63, 3.8) is 0 Å². The maximum absolute atomic E-state index is 9.64. The van der Waals surface area contributed by atoms with E-state index >= 15 is 0 Å². The topological polar surface area (TPSA) is 32.6 Å². The molecule has 2 aromatic carbocycles. The Morgan fingerprint density at radius 3 is 2.53 bits per heavy atom. The summed E-state index contributed by atoms with van der Waals surface area (Å²) in [4.78, 5) is 4.28. The molecule has 0 bridgehead atoms. The predicted molar refractivity (Wildman–Crippen MR) is 75.0 cm³/mol. The average molecular weight is 244 g/mol. The van der Waals surface area contributed by atoms with Gasteiger partial charge in [-0.05, 0) is 30.3 Å². The summed E-state index contributed by atoms with van der Waals surface area (Å²) in [5.74, 6) is 0.230. The van der Waals surface area contributed by atoms with Crippen LogP contribution < -0.4 is 5.46 Å². The Balaban J connectivity index is 2.25. The van der Waals surface area contributed by atoms with Crippen LogP contribution in [0.3, 0.4) is 0 Å². The molecule has 0 spiro atoms. The Kier molecular flexibility index (Phi) is 3.50. The molecule has 0 atom stereocenters. The smallest absolute Gasteiger partial charge is 0.139 e. The van der Waals surface area contributed by atoms with Crippen LogP contribution in [0.25, 0.3) is 0 Å². The number of hydrogen-bond donors (Lipinski definition) is 1. The highest BCUT2D eigenvalue weighted by molar-refractivity contribution is 6.32. The molecule has 1 N–H and O–H groups in total. The highest BCUT2D eigenvalue weighted by Crippen LogP contribution is 2.17. The number of phenolic OH excluding ortho intramolecular Hbond substituents is 1. The number of aliphatic imine (C=N–C) groups is 1. The highest BCUT2D eigenvalue weighted by atomic mass is 35.5.